The number of hydrazine groups is 1. The minimum Gasteiger partial charge on any atom is -0.451 e. The Morgan fingerprint density at radius 2 is 2.04 bits per heavy atom. The molecule has 0 radical (unpaired) electrons. The smallest absolute Gasteiger partial charge is 0.305 e. The molecule has 0 aliphatic heterocycles. The Morgan fingerprint density at radius 1 is 1.26 bits per heavy atom. The number of amides is 1. The zero-order valence-electron chi connectivity index (χ0n) is 15.4. The Labute approximate surface area is 168 Å². The highest BCUT2D eigenvalue weighted by atomic mass is 35.5. The number of carbonyl (C=O) groups excluding carboxylic acids is 1. The van der Waals surface area contributed by atoms with Crippen molar-refractivity contribution in [1.29, 1.82) is 0 Å². The molecule has 1 aromatic heterocycles. The summed E-state index contributed by atoms with van der Waals surface area (Å²) in [5.74, 6) is -0.223. The molecule has 1 aromatic carbocycles. The summed E-state index contributed by atoms with van der Waals surface area (Å²) in [7, 11) is 0. The lowest BCUT2D eigenvalue weighted by atomic mass is 10.0. The van der Waals surface area contributed by atoms with Crippen molar-refractivity contribution in [2.45, 2.75) is 39.5 Å². The summed E-state index contributed by atoms with van der Waals surface area (Å²) < 4.78 is 5.47. The van der Waals surface area contributed by atoms with Crippen LogP contribution in [0, 0.1) is 5.92 Å². The van der Waals surface area contributed by atoms with Crippen molar-refractivity contribution in [2.75, 3.05) is 6.54 Å². The van der Waals surface area contributed by atoms with Crippen molar-refractivity contribution >= 4 is 45.8 Å². The molecule has 3 N–H and O–H groups in total. The first kappa shape index (κ1) is 21.2. The maximum Gasteiger partial charge on any atom is 0.305 e. The van der Waals surface area contributed by atoms with Gasteiger partial charge >= 0.3 is 5.91 Å². The molecule has 1 heterocycles. The number of carbonyl (C=O) groups is 1. The molecule has 146 valence electrons. The molecular weight excluding hydrogens is 386 g/mol. The predicted molar refractivity (Wildman–Crippen MR) is 112 cm³/mol. The van der Waals surface area contributed by atoms with E-state index in [9.17, 15) is 9.59 Å². The van der Waals surface area contributed by atoms with Gasteiger partial charge in [-0.2, -0.15) is 0 Å². The van der Waals surface area contributed by atoms with Gasteiger partial charge in [0.2, 0.25) is 0 Å². The number of hydrogen-bond donors (Lipinski definition) is 3. The summed E-state index contributed by atoms with van der Waals surface area (Å²) in [6.07, 6.45) is 4.75. The lowest BCUT2D eigenvalue weighted by molar-refractivity contribution is 0.0916. The third-order valence-electron chi connectivity index (χ3n) is 4.11. The number of fused-ring (bicyclic) bond motifs is 1. The second-order valence-electron chi connectivity index (χ2n) is 6.51. The van der Waals surface area contributed by atoms with Crippen molar-refractivity contribution in [3.63, 3.8) is 0 Å². The summed E-state index contributed by atoms with van der Waals surface area (Å²) in [5, 5.41) is 4.11. The number of rotatable bonds is 7. The molecule has 0 fully saturated rings. The van der Waals surface area contributed by atoms with Gasteiger partial charge < -0.3 is 9.73 Å². The van der Waals surface area contributed by atoms with Crippen LogP contribution >= 0.6 is 23.8 Å². The second-order valence-corrected chi connectivity index (χ2v) is 7.35. The zero-order chi connectivity index (χ0) is 19.8. The van der Waals surface area contributed by atoms with Gasteiger partial charge in [-0.15, -0.1) is 0 Å². The van der Waals surface area contributed by atoms with Gasteiger partial charge in [-0.3, -0.25) is 20.4 Å². The highest BCUT2D eigenvalue weighted by molar-refractivity contribution is 7.80. The van der Waals surface area contributed by atoms with E-state index in [2.05, 4.69) is 30.0 Å². The van der Waals surface area contributed by atoms with Crippen molar-refractivity contribution in [1.82, 2.24) is 16.2 Å². The molecule has 2 rings (SSSR count). The molecule has 27 heavy (non-hydrogen) atoms. The molecule has 2 aromatic rings. The number of nitrogens with one attached hydrogen (secondary N) is 3. The molecule has 0 unspecified atom stereocenters. The fourth-order valence-electron chi connectivity index (χ4n) is 2.57. The molecule has 0 saturated heterocycles. The average molecular weight is 410 g/mol. The van der Waals surface area contributed by atoms with Gasteiger partial charge in [0.1, 0.15) is 5.58 Å². The Hall–Kier alpha value is -2.12. The van der Waals surface area contributed by atoms with Crippen molar-refractivity contribution in [2.24, 2.45) is 5.92 Å². The third-order valence-corrected chi connectivity index (χ3v) is 4.60. The van der Waals surface area contributed by atoms with Gasteiger partial charge in [-0.05, 0) is 42.8 Å². The summed E-state index contributed by atoms with van der Waals surface area (Å²) in [5.41, 5.74) is 4.99. The first-order valence-electron chi connectivity index (χ1n) is 8.98. The standard InChI is InChI=1S/C19H24ClN3O3S/c1-3-4-5-6-12(2)11-21-19(27)23-22-18(25)17-10-15(24)14-9-13(20)7-8-16(14)26-17/h7-10,12H,3-6,11H2,1-2H3,(H,22,25)(H2,21,23,27)/t12-/m1/s1. The Morgan fingerprint density at radius 3 is 2.78 bits per heavy atom. The van der Waals surface area contributed by atoms with E-state index in [1.165, 1.54) is 25.3 Å². The lowest BCUT2D eigenvalue weighted by Crippen LogP contribution is -2.47. The van der Waals surface area contributed by atoms with Crippen LogP contribution in [0.3, 0.4) is 0 Å². The highest BCUT2D eigenvalue weighted by Gasteiger charge is 2.13. The number of benzene rings is 1. The Kier molecular flexibility index (Phi) is 8.06. The van der Waals surface area contributed by atoms with Gasteiger partial charge in [-0.25, -0.2) is 0 Å². The third kappa shape index (κ3) is 6.52. The van der Waals surface area contributed by atoms with E-state index in [1.807, 2.05) is 0 Å². The highest BCUT2D eigenvalue weighted by Crippen LogP contribution is 2.17. The van der Waals surface area contributed by atoms with Crippen LogP contribution in [0.25, 0.3) is 11.0 Å². The van der Waals surface area contributed by atoms with E-state index in [4.69, 9.17) is 28.2 Å². The molecule has 1 amide bonds. The zero-order valence-corrected chi connectivity index (χ0v) is 17.0. The molecule has 0 aliphatic carbocycles. The molecule has 0 bridgehead atoms. The van der Waals surface area contributed by atoms with Gasteiger partial charge in [0.05, 0.1) is 5.39 Å². The van der Waals surface area contributed by atoms with E-state index in [1.54, 1.807) is 12.1 Å². The summed E-state index contributed by atoms with van der Waals surface area (Å²) in [6, 6.07) is 5.77. The van der Waals surface area contributed by atoms with E-state index < -0.39 is 5.91 Å². The van der Waals surface area contributed by atoms with Gasteiger partial charge in [0, 0.05) is 17.6 Å². The number of thiocarbonyl (C=S) groups is 1. The first-order chi connectivity index (χ1) is 12.9. The van der Waals surface area contributed by atoms with Crippen LogP contribution in [0.15, 0.2) is 33.5 Å². The molecule has 6 nitrogen and oxygen atoms in total. The fourth-order valence-corrected chi connectivity index (χ4v) is 2.88. The fraction of sp³-hybridized carbons (Fsp3) is 0.421. The number of unbranched alkanes of at least 4 members (excludes halogenated alkanes) is 2. The second kappa shape index (κ2) is 10.3. The molecule has 0 aliphatic rings. The van der Waals surface area contributed by atoms with Crippen LogP contribution < -0.4 is 21.6 Å². The topological polar surface area (TPSA) is 83.4 Å². The van der Waals surface area contributed by atoms with Crippen LogP contribution in [-0.4, -0.2) is 17.6 Å². The maximum atomic E-state index is 12.2. The Balaban J connectivity index is 1.86. The predicted octanol–water partition coefficient (Wildman–Crippen LogP) is 3.77. The minimum absolute atomic E-state index is 0.113. The maximum absolute atomic E-state index is 12.2. The SMILES string of the molecule is CCCCC[C@@H](C)CNC(=S)NNC(=O)c1cc(=O)c2cc(Cl)ccc2o1. The quantitative estimate of drug-likeness (QED) is 0.367. The number of halogens is 1. The molecule has 0 spiro atoms. The monoisotopic (exact) mass is 409 g/mol. The molecule has 1 atom stereocenters. The van der Waals surface area contributed by atoms with Crippen LogP contribution in [0.1, 0.15) is 50.1 Å². The van der Waals surface area contributed by atoms with E-state index in [0.717, 1.165) is 19.0 Å². The normalized spacial score (nSPS) is 11.8. The minimum atomic E-state index is -0.593. The number of hydrogen-bond acceptors (Lipinski definition) is 4. The van der Waals surface area contributed by atoms with E-state index >= 15 is 0 Å². The lowest BCUT2D eigenvalue weighted by Gasteiger charge is -2.15. The Bertz CT molecular complexity index is 869. The van der Waals surface area contributed by atoms with Crippen LogP contribution in [0.5, 0.6) is 0 Å². The van der Waals surface area contributed by atoms with Crippen LogP contribution in [-0.2, 0) is 0 Å². The summed E-state index contributed by atoms with van der Waals surface area (Å²) in [6.45, 7) is 5.05. The molecule has 8 heteroatoms. The van der Waals surface area contributed by atoms with E-state index in [0.29, 0.717) is 27.0 Å². The van der Waals surface area contributed by atoms with Gasteiger partial charge in [0.15, 0.2) is 16.3 Å². The average Bonchev–Trinajstić information content (AvgIpc) is 2.65. The molecule has 0 saturated carbocycles. The van der Waals surface area contributed by atoms with Crippen molar-refractivity contribution in [3.8, 4) is 0 Å². The van der Waals surface area contributed by atoms with Crippen molar-refractivity contribution < 1.29 is 9.21 Å². The van der Waals surface area contributed by atoms with E-state index in [-0.39, 0.29) is 11.2 Å². The van der Waals surface area contributed by atoms with Crippen LogP contribution in [0.4, 0.5) is 0 Å². The molecular formula is C19H24ClN3O3S. The van der Waals surface area contributed by atoms with Crippen LogP contribution in [0.2, 0.25) is 5.02 Å². The summed E-state index contributed by atoms with van der Waals surface area (Å²) in [4.78, 5) is 24.3. The first-order valence-corrected chi connectivity index (χ1v) is 9.77. The van der Waals surface area contributed by atoms with Gasteiger partial charge in [0.25, 0.3) is 0 Å². The largest absolute Gasteiger partial charge is 0.451 e. The van der Waals surface area contributed by atoms with Gasteiger partial charge in [-0.1, -0.05) is 44.7 Å². The summed E-state index contributed by atoms with van der Waals surface area (Å²) >= 11 is 11.0. The van der Waals surface area contributed by atoms with Crippen molar-refractivity contribution in [3.05, 3.63) is 45.3 Å².